The summed E-state index contributed by atoms with van der Waals surface area (Å²) in [6.45, 7) is 0. The second kappa shape index (κ2) is 9.80. The summed E-state index contributed by atoms with van der Waals surface area (Å²) in [7, 11) is 7.85. The Labute approximate surface area is 202 Å². The predicted molar refractivity (Wildman–Crippen MR) is 135 cm³/mol. The first-order chi connectivity index (χ1) is 16.9. The first kappa shape index (κ1) is 23.7. The zero-order valence-corrected chi connectivity index (χ0v) is 20.2. The number of pyridine rings is 1. The number of rotatable bonds is 7. The van der Waals surface area contributed by atoms with Crippen molar-refractivity contribution < 1.29 is 23.7 Å². The first-order valence-corrected chi connectivity index (χ1v) is 10.8. The highest BCUT2D eigenvalue weighted by atomic mass is 16.5. The SMILES string of the molecule is COc1cccc(C(=O)Nc2c(-c3cc(OC)c(OC)c(OC)c3)c(=O)c3ccccc3n2C)c1. The van der Waals surface area contributed by atoms with Gasteiger partial charge in [-0.05, 0) is 48.0 Å². The third kappa shape index (κ3) is 4.26. The Morgan fingerprint density at radius 1 is 0.829 bits per heavy atom. The molecule has 1 heterocycles. The summed E-state index contributed by atoms with van der Waals surface area (Å²) < 4.78 is 23.5. The van der Waals surface area contributed by atoms with Crippen molar-refractivity contribution in [2.45, 2.75) is 0 Å². The largest absolute Gasteiger partial charge is 0.497 e. The Bertz CT molecular complexity index is 1450. The van der Waals surface area contributed by atoms with Crippen LogP contribution in [0.1, 0.15) is 10.4 Å². The fourth-order valence-corrected chi connectivity index (χ4v) is 4.07. The fraction of sp³-hybridized carbons (Fsp3) is 0.185. The van der Waals surface area contributed by atoms with E-state index in [0.717, 1.165) is 0 Å². The van der Waals surface area contributed by atoms with Crippen LogP contribution in [-0.2, 0) is 7.05 Å². The van der Waals surface area contributed by atoms with Crippen LogP contribution in [0.4, 0.5) is 5.82 Å². The van der Waals surface area contributed by atoms with Gasteiger partial charge in [-0.15, -0.1) is 0 Å². The van der Waals surface area contributed by atoms with Crippen molar-refractivity contribution in [2.24, 2.45) is 7.05 Å². The maximum Gasteiger partial charge on any atom is 0.256 e. The lowest BCUT2D eigenvalue weighted by Gasteiger charge is -2.20. The van der Waals surface area contributed by atoms with Gasteiger partial charge in [-0.25, -0.2) is 0 Å². The Morgan fingerprint density at radius 3 is 2.14 bits per heavy atom. The van der Waals surface area contributed by atoms with Crippen molar-refractivity contribution in [3.05, 3.63) is 76.5 Å². The summed E-state index contributed by atoms with van der Waals surface area (Å²) in [6.07, 6.45) is 0. The number of benzene rings is 3. The normalized spacial score (nSPS) is 10.7. The molecule has 0 aliphatic rings. The Kier molecular flexibility index (Phi) is 6.64. The molecule has 8 heteroatoms. The second-order valence-corrected chi connectivity index (χ2v) is 7.73. The Hall–Kier alpha value is -4.46. The number of aryl methyl sites for hydroxylation is 1. The smallest absolute Gasteiger partial charge is 0.256 e. The van der Waals surface area contributed by atoms with E-state index in [0.29, 0.717) is 56.4 Å². The molecule has 35 heavy (non-hydrogen) atoms. The Morgan fingerprint density at radius 2 is 1.51 bits per heavy atom. The molecule has 1 N–H and O–H groups in total. The van der Waals surface area contributed by atoms with Gasteiger partial charge in [-0.1, -0.05) is 18.2 Å². The third-order valence-corrected chi connectivity index (χ3v) is 5.83. The summed E-state index contributed by atoms with van der Waals surface area (Å²) in [4.78, 5) is 27.0. The molecule has 1 amide bonds. The van der Waals surface area contributed by atoms with E-state index in [4.69, 9.17) is 18.9 Å². The van der Waals surface area contributed by atoms with Gasteiger partial charge in [-0.2, -0.15) is 0 Å². The summed E-state index contributed by atoms with van der Waals surface area (Å²) in [5.74, 6) is 1.68. The quantitative estimate of drug-likeness (QED) is 0.425. The highest BCUT2D eigenvalue weighted by Gasteiger charge is 2.23. The molecule has 0 saturated carbocycles. The minimum atomic E-state index is -0.386. The average Bonchev–Trinajstić information content (AvgIpc) is 2.90. The third-order valence-electron chi connectivity index (χ3n) is 5.83. The van der Waals surface area contributed by atoms with Gasteiger partial charge >= 0.3 is 0 Å². The van der Waals surface area contributed by atoms with E-state index < -0.39 is 0 Å². The van der Waals surface area contributed by atoms with Gasteiger partial charge in [0.25, 0.3) is 5.91 Å². The maximum absolute atomic E-state index is 13.8. The number of hydrogen-bond acceptors (Lipinski definition) is 6. The molecule has 0 aliphatic heterocycles. The van der Waals surface area contributed by atoms with Crippen LogP contribution >= 0.6 is 0 Å². The van der Waals surface area contributed by atoms with Crippen molar-refractivity contribution in [1.82, 2.24) is 4.57 Å². The van der Waals surface area contributed by atoms with E-state index >= 15 is 0 Å². The molecule has 180 valence electrons. The van der Waals surface area contributed by atoms with Crippen molar-refractivity contribution >= 4 is 22.6 Å². The predicted octanol–water partition coefficient (Wildman–Crippen LogP) is 4.49. The molecule has 0 bridgehead atoms. The lowest BCUT2D eigenvalue weighted by molar-refractivity contribution is 0.102. The number of carbonyl (C=O) groups is 1. The number of methoxy groups -OCH3 is 4. The lowest BCUT2D eigenvalue weighted by atomic mass is 10.0. The molecule has 0 atom stereocenters. The van der Waals surface area contributed by atoms with E-state index in [-0.39, 0.29) is 11.3 Å². The van der Waals surface area contributed by atoms with E-state index in [1.807, 2.05) is 12.1 Å². The molecule has 0 radical (unpaired) electrons. The van der Waals surface area contributed by atoms with Crippen LogP contribution in [0.5, 0.6) is 23.0 Å². The topological polar surface area (TPSA) is 88.0 Å². The molecule has 3 aromatic carbocycles. The van der Waals surface area contributed by atoms with Gasteiger partial charge in [0.1, 0.15) is 11.6 Å². The van der Waals surface area contributed by atoms with Crippen molar-refractivity contribution in [1.29, 1.82) is 0 Å². The van der Waals surface area contributed by atoms with Gasteiger partial charge in [0.05, 0.1) is 39.5 Å². The number of ether oxygens (including phenoxy) is 4. The zero-order valence-electron chi connectivity index (χ0n) is 20.2. The Balaban J connectivity index is 1.99. The molecule has 0 saturated heterocycles. The molecule has 0 aliphatic carbocycles. The number of nitrogens with zero attached hydrogens (tertiary/aromatic N) is 1. The highest BCUT2D eigenvalue weighted by molar-refractivity contribution is 6.07. The van der Waals surface area contributed by atoms with Crippen LogP contribution in [0, 0.1) is 0 Å². The van der Waals surface area contributed by atoms with Crippen LogP contribution in [0.2, 0.25) is 0 Å². The van der Waals surface area contributed by atoms with Crippen LogP contribution in [0.25, 0.3) is 22.0 Å². The molecule has 8 nitrogen and oxygen atoms in total. The standard InChI is InChI=1S/C27H26N2O6/c1-29-20-12-7-6-11-19(20)24(30)23(17-14-21(33-3)25(35-5)22(15-17)34-4)26(29)28-27(31)16-9-8-10-18(13-16)32-2/h6-15H,1-5H3,(H,28,31). The van der Waals surface area contributed by atoms with E-state index in [2.05, 4.69) is 5.32 Å². The minimum Gasteiger partial charge on any atom is -0.497 e. The van der Waals surface area contributed by atoms with Crippen LogP contribution in [-0.4, -0.2) is 38.9 Å². The first-order valence-electron chi connectivity index (χ1n) is 10.8. The number of nitrogens with one attached hydrogen (secondary N) is 1. The lowest BCUT2D eigenvalue weighted by Crippen LogP contribution is -2.21. The van der Waals surface area contributed by atoms with Crippen LogP contribution < -0.4 is 29.7 Å². The monoisotopic (exact) mass is 474 g/mol. The van der Waals surface area contributed by atoms with Crippen LogP contribution in [0.15, 0.2) is 65.5 Å². The van der Waals surface area contributed by atoms with Gasteiger partial charge in [0, 0.05) is 18.0 Å². The number of aromatic nitrogens is 1. The van der Waals surface area contributed by atoms with E-state index in [9.17, 15) is 9.59 Å². The number of hydrogen-bond donors (Lipinski definition) is 1. The van der Waals surface area contributed by atoms with Gasteiger partial charge in [-0.3, -0.25) is 9.59 Å². The second-order valence-electron chi connectivity index (χ2n) is 7.73. The fourth-order valence-electron chi connectivity index (χ4n) is 4.07. The van der Waals surface area contributed by atoms with Gasteiger partial charge < -0.3 is 28.8 Å². The summed E-state index contributed by atoms with van der Waals surface area (Å²) >= 11 is 0. The summed E-state index contributed by atoms with van der Waals surface area (Å²) in [5.41, 5.74) is 1.62. The number of fused-ring (bicyclic) bond motifs is 1. The van der Waals surface area contributed by atoms with E-state index in [1.54, 1.807) is 60.1 Å². The maximum atomic E-state index is 13.8. The number of carbonyl (C=O) groups excluding carboxylic acids is 1. The molecule has 0 unspecified atom stereocenters. The highest BCUT2D eigenvalue weighted by Crippen LogP contribution is 2.42. The number of amides is 1. The molecular formula is C27H26N2O6. The van der Waals surface area contributed by atoms with Crippen molar-refractivity contribution in [3.8, 4) is 34.1 Å². The van der Waals surface area contributed by atoms with Gasteiger partial charge in [0.2, 0.25) is 5.75 Å². The molecule has 4 rings (SSSR count). The van der Waals surface area contributed by atoms with Crippen molar-refractivity contribution in [2.75, 3.05) is 33.8 Å². The van der Waals surface area contributed by atoms with E-state index in [1.165, 1.54) is 28.4 Å². The molecule has 0 fully saturated rings. The van der Waals surface area contributed by atoms with Gasteiger partial charge in [0.15, 0.2) is 16.9 Å². The summed E-state index contributed by atoms with van der Waals surface area (Å²) in [6, 6.07) is 17.4. The molecule has 0 spiro atoms. The molecule has 1 aromatic heterocycles. The average molecular weight is 475 g/mol. The summed E-state index contributed by atoms with van der Waals surface area (Å²) in [5, 5.41) is 3.45. The van der Waals surface area contributed by atoms with Crippen molar-refractivity contribution in [3.63, 3.8) is 0 Å². The minimum absolute atomic E-state index is 0.242. The number of para-hydroxylation sites is 1. The zero-order chi connectivity index (χ0) is 25.1. The molecule has 4 aromatic rings. The number of anilines is 1. The molecular weight excluding hydrogens is 448 g/mol. The van der Waals surface area contributed by atoms with Crippen LogP contribution in [0.3, 0.4) is 0 Å².